The number of rotatable bonds is 4. The number of thioether (sulfide) groups is 1. The predicted molar refractivity (Wildman–Crippen MR) is 72.0 cm³/mol. The second kappa shape index (κ2) is 6.26. The first kappa shape index (κ1) is 12.7. The number of anilines is 1. The van der Waals surface area contributed by atoms with E-state index < -0.39 is 0 Å². The molecular weight excluding hydrogens is 256 g/mol. The van der Waals surface area contributed by atoms with Crippen LogP contribution in [-0.4, -0.2) is 42.2 Å². The van der Waals surface area contributed by atoms with E-state index in [0.29, 0.717) is 6.61 Å². The van der Waals surface area contributed by atoms with Gasteiger partial charge in [-0.15, -0.1) is 11.3 Å². The molecule has 1 aliphatic heterocycles. The first-order chi connectivity index (χ1) is 8.29. The van der Waals surface area contributed by atoms with Crippen molar-refractivity contribution in [1.29, 1.82) is 0 Å². The lowest BCUT2D eigenvalue weighted by Gasteiger charge is -2.25. The Morgan fingerprint density at radius 3 is 3.00 bits per heavy atom. The fraction of sp³-hybridized carbons (Fsp3) is 0.636. The summed E-state index contributed by atoms with van der Waals surface area (Å²) in [7, 11) is 0. The van der Waals surface area contributed by atoms with Crippen LogP contribution >= 0.6 is 23.1 Å². The third-order valence-corrected chi connectivity index (χ3v) is 4.34. The summed E-state index contributed by atoms with van der Waals surface area (Å²) in [6, 6.07) is 0. The normalized spacial score (nSPS) is 15.9. The molecule has 2 heterocycles. The number of aromatic nitrogens is 1. The van der Waals surface area contributed by atoms with Crippen LogP contribution in [-0.2, 0) is 16.0 Å². The summed E-state index contributed by atoms with van der Waals surface area (Å²) >= 11 is 3.59. The Labute approximate surface area is 109 Å². The van der Waals surface area contributed by atoms with Crippen molar-refractivity contribution in [3.05, 3.63) is 11.1 Å². The van der Waals surface area contributed by atoms with E-state index in [1.165, 1.54) is 0 Å². The van der Waals surface area contributed by atoms with E-state index in [1.807, 2.05) is 24.1 Å². The van der Waals surface area contributed by atoms with Crippen molar-refractivity contribution < 1.29 is 9.53 Å². The van der Waals surface area contributed by atoms with Crippen molar-refractivity contribution in [2.24, 2.45) is 0 Å². The second-order valence-corrected chi connectivity index (χ2v) is 5.76. The molecule has 17 heavy (non-hydrogen) atoms. The molecule has 1 aromatic rings. The molecule has 0 aromatic carbocycles. The predicted octanol–water partition coefficient (Wildman–Crippen LogP) is 1.80. The Bertz CT molecular complexity index is 375. The van der Waals surface area contributed by atoms with Crippen LogP contribution < -0.4 is 4.90 Å². The van der Waals surface area contributed by atoms with Gasteiger partial charge < -0.3 is 9.64 Å². The second-order valence-electron chi connectivity index (χ2n) is 3.70. The number of hydrogen-bond donors (Lipinski definition) is 0. The van der Waals surface area contributed by atoms with E-state index in [4.69, 9.17) is 4.74 Å². The van der Waals surface area contributed by atoms with Gasteiger partial charge in [0.1, 0.15) is 0 Å². The molecular formula is C11H16N2O2S2. The lowest BCUT2D eigenvalue weighted by Crippen LogP contribution is -2.32. The van der Waals surface area contributed by atoms with Crippen LogP contribution in [0.25, 0.3) is 0 Å². The summed E-state index contributed by atoms with van der Waals surface area (Å²) in [6.07, 6.45) is 0.285. The Morgan fingerprint density at radius 2 is 2.29 bits per heavy atom. The molecule has 0 amide bonds. The van der Waals surface area contributed by atoms with Crippen LogP contribution in [0.15, 0.2) is 5.38 Å². The highest BCUT2D eigenvalue weighted by molar-refractivity contribution is 7.99. The van der Waals surface area contributed by atoms with Gasteiger partial charge in [0.25, 0.3) is 0 Å². The van der Waals surface area contributed by atoms with Crippen molar-refractivity contribution in [3.8, 4) is 0 Å². The summed E-state index contributed by atoms with van der Waals surface area (Å²) in [5.41, 5.74) is 0.821. The van der Waals surface area contributed by atoms with Gasteiger partial charge in [-0.3, -0.25) is 4.79 Å². The first-order valence-electron chi connectivity index (χ1n) is 5.72. The number of esters is 1. The molecule has 0 atom stereocenters. The molecule has 1 aromatic heterocycles. The van der Waals surface area contributed by atoms with Gasteiger partial charge in [0.15, 0.2) is 5.13 Å². The minimum absolute atomic E-state index is 0.196. The zero-order valence-corrected chi connectivity index (χ0v) is 11.5. The molecule has 0 aliphatic carbocycles. The van der Waals surface area contributed by atoms with E-state index in [0.717, 1.165) is 35.4 Å². The summed E-state index contributed by atoms with van der Waals surface area (Å²) in [5.74, 6) is 2.12. The smallest absolute Gasteiger partial charge is 0.311 e. The van der Waals surface area contributed by atoms with E-state index >= 15 is 0 Å². The standard InChI is InChI=1S/C11H16N2O2S2/c1-2-15-10(14)7-9-8-17-11(12-9)13-3-5-16-6-4-13/h8H,2-7H2,1H3. The molecule has 0 saturated carbocycles. The maximum atomic E-state index is 11.3. The third kappa shape index (κ3) is 3.61. The maximum Gasteiger partial charge on any atom is 0.311 e. The molecule has 1 saturated heterocycles. The monoisotopic (exact) mass is 272 g/mol. The van der Waals surface area contributed by atoms with Gasteiger partial charge in [-0.1, -0.05) is 0 Å². The van der Waals surface area contributed by atoms with Crippen LogP contribution in [0.5, 0.6) is 0 Å². The molecule has 1 fully saturated rings. The van der Waals surface area contributed by atoms with Crippen molar-refractivity contribution in [1.82, 2.24) is 4.98 Å². The van der Waals surface area contributed by atoms with Gasteiger partial charge in [0, 0.05) is 30.0 Å². The van der Waals surface area contributed by atoms with Gasteiger partial charge in [-0.05, 0) is 6.92 Å². The molecule has 4 nitrogen and oxygen atoms in total. The zero-order chi connectivity index (χ0) is 12.1. The van der Waals surface area contributed by atoms with Gasteiger partial charge >= 0.3 is 5.97 Å². The Morgan fingerprint density at radius 1 is 1.53 bits per heavy atom. The fourth-order valence-electron chi connectivity index (χ4n) is 1.64. The summed E-state index contributed by atoms with van der Waals surface area (Å²) in [6.45, 7) is 4.35. The van der Waals surface area contributed by atoms with Gasteiger partial charge in [0.2, 0.25) is 0 Å². The summed E-state index contributed by atoms with van der Waals surface area (Å²) < 4.78 is 4.91. The maximum absolute atomic E-state index is 11.3. The van der Waals surface area contributed by atoms with Crippen LogP contribution in [0.1, 0.15) is 12.6 Å². The number of ether oxygens (including phenoxy) is 1. The number of nitrogens with zero attached hydrogens (tertiary/aromatic N) is 2. The highest BCUT2D eigenvalue weighted by Gasteiger charge is 2.15. The number of carbonyl (C=O) groups is 1. The van der Waals surface area contributed by atoms with Gasteiger partial charge in [-0.25, -0.2) is 4.98 Å². The Balaban J connectivity index is 1.93. The average Bonchev–Trinajstić information content (AvgIpc) is 2.79. The minimum atomic E-state index is -0.196. The topological polar surface area (TPSA) is 42.4 Å². The van der Waals surface area contributed by atoms with Crippen LogP contribution in [0.3, 0.4) is 0 Å². The molecule has 0 radical (unpaired) electrons. The summed E-state index contributed by atoms with van der Waals surface area (Å²) in [5, 5.41) is 2.98. The molecule has 1 aliphatic rings. The van der Waals surface area contributed by atoms with E-state index in [-0.39, 0.29) is 12.4 Å². The average molecular weight is 272 g/mol. The van der Waals surface area contributed by atoms with E-state index in [2.05, 4.69) is 9.88 Å². The third-order valence-electron chi connectivity index (χ3n) is 2.45. The van der Waals surface area contributed by atoms with Gasteiger partial charge in [-0.2, -0.15) is 11.8 Å². The Kier molecular flexibility index (Phi) is 4.67. The van der Waals surface area contributed by atoms with E-state index in [9.17, 15) is 4.79 Å². The number of hydrogen-bond acceptors (Lipinski definition) is 6. The molecule has 0 bridgehead atoms. The van der Waals surface area contributed by atoms with Crippen LogP contribution in [0.4, 0.5) is 5.13 Å². The molecule has 6 heteroatoms. The highest BCUT2D eigenvalue weighted by Crippen LogP contribution is 2.23. The molecule has 94 valence electrons. The molecule has 2 rings (SSSR count). The van der Waals surface area contributed by atoms with Gasteiger partial charge in [0.05, 0.1) is 18.7 Å². The van der Waals surface area contributed by atoms with Crippen molar-refractivity contribution >= 4 is 34.2 Å². The Hall–Kier alpha value is -0.750. The quantitative estimate of drug-likeness (QED) is 0.782. The number of thiazole rings is 1. The molecule has 0 N–H and O–H groups in total. The molecule has 0 spiro atoms. The van der Waals surface area contributed by atoms with Crippen molar-refractivity contribution in [2.45, 2.75) is 13.3 Å². The van der Waals surface area contributed by atoms with Crippen LogP contribution in [0.2, 0.25) is 0 Å². The minimum Gasteiger partial charge on any atom is -0.466 e. The lowest BCUT2D eigenvalue weighted by atomic mass is 10.3. The van der Waals surface area contributed by atoms with E-state index in [1.54, 1.807) is 11.3 Å². The molecule has 0 unspecified atom stereocenters. The van der Waals surface area contributed by atoms with Crippen molar-refractivity contribution in [3.63, 3.8) is 0 Å². The van der Waals surface area contributed by atoms with Crippen LogP contribution in [0, 0.1) is 0 Å². The largest absolute Gasteiger partial charge is 0.466 e. The zero-order valence-electron chi connectivity index (χ0n) is 9.85. The summed E-state index contributed by atoms with van der Waals surface area (Å²) in [4.78, 5) is 18.1. The first-order valence-corrected chi connectivity index (χ1v) is 7.75. The number of carbonyl (C=O) groups excluding carboxylic acids is 1. The lowest BCUT2D eigenvalue weighted by molar-refractivity contribution is -0.142. The highest BCUT2D eigenvalue weighted by atomic mass is 32.2. The fourth-order valence-corrected chi connectivity index (χ4v) is 3.42. The SMILES string of the molecule is CCOC(=O)Cc1csc(N2CCSCC2)n1. The van der Waals surface area contributed by atoms with Crippen molar-refractivity contribution in [2.75, 3.05) is 36.1 Å².